The summed E-state index contributed by atoms with van der Waals surface area (Å²) in [5.41, 5.74) is 1.49. The molecule has 0 amide bonds. The summed E-state index contributed by atoms with van der Waals surface area (Å²) in [6.45, 7) is 4.58. The average Bonchev–Trinajstić information content (AvgIpc) is 2.34. The molecule has 0 nitrogen and oxygen atoms in total. The Morgan fingerprint density at radius 2 is 1.81 bits per heavy atom. The highest BCUT2D eigenvalue weighted by atomic mass is 14.1. The van der Waals surface area contributed by atoms with E-state index in [1.165, 1.54) is 44.1 Å². The van der Waals surface area contributed by atoms with Crippen LogP contribution in [0.2, 0.25) is 0 Å². The molecule has 0 heteroatoms. The summed E-state index contributed by atoms with van der Waals surface area (Å²) in [6.07, 6.45) is 10.4. The summed E-state index contributed by atoms with van der Waals surface area (Å²) in [5, 5.41) is 0. The maximum atomic E-state index is 2.44. The van der Waals surface area contributed by atoms with E-state index in [2.05, 4.69) is 50.6 Å². The number of benzene rings is 1. The van der Waals surface area contributed by atoms with E-state index in [9.17, 15) is 0 Å². The van der Waals surface area contributed by atoms with Crippen molar-refractivity contribution in [3.05, 3.63) is 42.3 Å². The van der Waals surface area contributed by atoms with Gasteiger partial charge in [0.05, 0.1) is 0 Å². The van der Waals surface area contributed by atoms with E-state index in [0.29, 0.717) is 5.92 Å². The molecule has 1 rings (SSSR count). The van der Waals surface area contributed by atoms with Crippen LogP contribution in [0.4, 0.5) is 0 Å². The zero-order valence-corrected chi connectivity index (χ0v) is 10.8. The lowest BCUT2D eigenvalue weighted by atomic mass is 9.95. The van der Waals surface area contributed by atoms with Crippen molar-refractivity contribution >= 4 is 0 Å². The second-order valence-electron chi connectivity index (χ2n) is 4.67. The van der Waals surface area contributed by atoms with Crippen LogP contribution < -0.4 is 0 Å². The molecule has 16 heavy (non-hydrogen) atoms. The van der Waals surface area contributed by atoms with Gasteiger partial charge in [-0.05, 0) is 24.3 Å². The maximum Gasteiger partial charge on any atom is -0.0190 e. The first kappa shape index (κ1) is 13.3. The van der Waals surface area contributed by atoms with Crippen molar-refractivity contribution in [3.8, 4) is 0 Å². The minimum absolute atomic E-state index is 0.715. The van der Waals surface area contributed by atoms with Crippen molar-refractivity contribution in [1.29, 1.82) is 0 Å². The third-order valence-corrected chi connectivity index (χ3v) is 3.16. The topological polar surface area (TPSA) is 0 Å². The minimum atomic E-state index is 0.715. The molecule has 1 aromatic rings. The molecular weight excluding hydrogens is 192 g/mol. The molecule has 0 aliphatic carbocycles. The quantitative estimate of drug-likeness (QED) is 0.514. The van der Waals surface area contributed by atoms with Gasteiger partial charge in [-0.1, -0.05) is 76.3 Å². The molecule has 89 valence electrons. The van der Waals surface area contributed by atoms with Gasteiger partial charge in [-0.3, -0.25) is 0 Å². The van der Waals surface area contributed by atoms with Crippen LogP contribution in [0.5, 0.6) is 0 Å². The number of hydrogen-bond acceptors (Lipinski definition) is 0. The molecule has 0 bridgehead atoms. The van der Waals surface area contributed by atoms with Crippen molar-refractivity contribution in [1.82, 2.24) is 0 Å². The van der Waals surface area contributed by atoms with E-state index in [-0.39, 0.29) is 0 Å². The Labute approximate surface area is 101 Å². The van der Waals surface area contributed by atoms with Gasteiger partial charge in [0, 0.05) is 0 Å². The van der Waals surface area contributed by atoms with Crippen molar-refractivity contribution in [2.45, 2.75) is 58.3 Å². The van der Waals surface area contributed by atoms with E-state index in [1.807, 2.05) is 0 Å². The Morgan fingerprint density at radius 1 is 1.06 bits per heavy atom. The first-order valence-corrected chi connectivity index (χ1v) is 6.71. The average molecular weight is 217 g/mol. The van der Waals surface area contributed by atoms with E-state index in [0.717, 1.165) is 0 Å². The predicted octanol–water partition coefficient (Wildman–Crippen LogP) is 5.35. The van der Waals surface area contributed by atoms with Crippen LogP contribution in [-0.4, -0.2) is 0 Å². The van der Waals surface area contributed by atoms with E-state index in [1.54, 1.807) is 0 Å². The van der Waals surface area contributed by atoms with Crippen LogP contribution in [0.25, 0.3) is 0 Å². The van der Waals surface area contributed by atoms with Gasteiger partial charge in [0.2, 0.25) is 0 Å². The van der Waals surface area contributed by atoms with E-state index in [4.69, 9.17) is 0 Å². The Kier molecular flexibility index (Phi) is 6.96. The SMILES string of the molecule is CCC[CH]CCCCC(C)c1ccccc1. The van der Waals surface area contributed by atoms with Crippen LogP contribution in [0.15, 0.2) is 30.3 Å². The summed E-state index contributed by atoms with van der Waals surface area (Å²) >= 11 is 0. The highest BCUT2D eigenvalue weighted by molar-refractivity contribution is 5.18. The third-order valence-electron chi connectivity index (χ3n) is 3.16. The molecule has 0 heterocycles. The van der Waals surface area contributed by atoms with Gasteiger partial charge >= 0.3 is 0 Å². The molecule has 0 aliphatic heterocycles. The fourth-order valence-electron chi connectivity index (χ4n) is 2.04. The lowest BCUT2D eigenvalue weighted by molar-refractivity contribution is 0.596. The van der Waals surface area contributed by atoms with Crippen LogP contribution in [0.1, 0.15) is 63.9 Å². The van der Waals surface area contributed by atoms with Crippen molar-refractivity contribution < 1.29 is 0 Å². The van der Waals surface area contributed by atoms with Crippen LogP contribution in [0, 0.1) is 6.42 Å². The first-order chi connectivity index (χ1) is 7.84. The fourth-order valence-corrected chi connectivity index (χ4v) is 2.04. The van der Waals surface area contributed by atoms with Gasteiger partial charge in [0.15, 0.2) is 0 Å². The van der Waals surface area contributed by atoms with Gasteiger partial charge < -0.3 is 0 Å². The van der Waals surface area contributed by atoms with Gasteiger partial charge in [0.1, 0.15) is 0 Å². The highest BCUT2D eigenvalue weighted by Crippen LogP contribution is 2.21. The second-order valence-corrected chi connectivity index (χ2v) is 4.67. The highest BCUT2D eigenvalue weighted by Gasteiger charge is 2.03. The molecule has 1 unspecified atom stereocenters. The lowest BCUT2D eigenvalue weighted by Crippen LogP contribution is -1.93. The molecule has 0 spiro atoms. The molecule has 0 aliphatic rings. The first-order valence-electron chi connectivity index (χ1n) is 6.71. The summed E-state index contributed by atoms with van der Waals surface area (Å²) in [4.78, 5) is 0. The summed E-state index contributed by atoms with van der Waals surface area (Å²) in [5.74, 6) is 0.715. The molecule has 0 saturated carbocycles. The molecule has 1 aromatic carbocycles. The molecule has 1 radical (unpaired) electrons. The largest absolute Gasteiger partial charge is 0.0654 e. The monoisotopic (exact) mass is 217 g/mol. The van der Waals surface area contributed by atoms with E-state index >= 15 is 0 Å². The minimum Gasteiger partial charge on any atom is -0.0654 e. The Morgan fingerprint density at radius 3 is 2.50 bits per heavy atom. The van der Waals surface area contributed by atoms with Gasteiger partial charge in [-0.25, -0.2) is 0 Å². The van der Waals surface area contributed by atoms with Gasteiger partial charge in [-0.2, -0.15) is 0 Å². The predicted molar refractivity (Wildman–Crippen MR) is 72.5 cm³/mol. The molecule has 0 aromatic heterocycles. The van der Waals surface area contributed by atoms with E-state index < -0.39 is 0 Å². The third kappa shape index (κ3) is 5.34. The maximum absolute atomic E-state index is 2.44. The molecule has 0 fully saturated rings. The Bertz CT molecular complexity index is 250. The van der Waals surface area contributed by atoms with Crippen molar-refractivity contribution in [2.24, 2.45) is 0 Å². The number of unbranched alkanes of at least 4 members (excludes halogenated alkanes) is 5. The number of rotatable bonds is 8. The summed E-state index contributed by atoms with van der Waals surface area (Å²) < 4.78 is 0. The smallest absolute Gasteiger partial charge is 0.0190 e. The molecule has 0 saturated heterocycles. The van der Waals surface area contributed by atoms with Gasteiger partial charge in [0.25, 0.3) is 0 Å². The van der Waals surface area contributed by atoms with Gasteiger partial charge in [-0.15, -0.1) is 0 Å². The molecule has 1 atom stereocenters. The standard InChI is InChI=1S/C16H25/c1-3-4-5-6-7-9-12-15(2)16-13-10-8-11-14-16/h5,8,10-11,13-15H,3-4,6-7,9,12H2,1-2H3. The summed E-state index contributed by atoms with van der Waals surface area (Å²) in [6, 6.07) is 10.9. The number of hydrogen-bond donors (Lipinski definition) is 0. The van der Waals surface area contributed by atoms with Crippen LogP contribution in [-0.2, 0) is 0 Å². The molecule has 0 N–H and O–H groups in total. The normalized spacial score (nSPS) is 12.6. The van der Waals surface area contributed by atoms with Crippen molar-refractivity contribution in [2.75, 3.05) is 0 Å². The van der Waals surface area contributed by atoms with Crippen molar-refractivity contribution in [3.63, 3.8) is 0 Å². The zero-order chi connectivity index (χ0) is 11.6. The zero-order valence-electron chi connectivity index (χ0n) is 10.8. The Hall–Kier alpha value is -0.780. The fraction of sp³-hybridized carbons (Fsp3) is 0.562. The Balaban J connectivity index is 2.09. The lowest BCUT2D eigenvalue weighted by Gasteiger charge is -2.11. The summed E-state index contributed by atoms with van der Waals surface area (Å²) in [7, 11) is 0. The molecular formula is C16H25. The van der Waals surface area contributed by atoms with Crippen LogP contribution >= 0.6 is 0 Å². The van der Waals surface area contributed by atoms with Crippen LogP contribution in [0.3, 0.4) is 0 Å². The second kappa shape index (κ2) is 8.38.